The summed E-state index contributed by atoms with van der Waals surface area (Å²) in [5.74, 6) is 0. The number of carbonyl (C=O) groups is 1. The number of anilines is 1. The number of para-hydroxylation sites is 1. The molecule has 1 N–H and O–H groups in total. The SMILES string of the molecule is C=CCOC(=O)Nc1c(C)cccc1Cl. The Hall–Kier alpha value is -1.48. The van der Waals surface area contributed by atoms with E-state index in [1.165, 1.54) is 6.08 Å². The molecule has 80 valence electrons. The van der Waals surface area contributed by atoms with Gasteiger partial charge in [0.2, 0.25) is 0 Å². The molecule has 0 saturated heterocycles. The first-order valence-electron chi connectivity index (χ1n) is 4.45. The van der Waals surface area contributed by atoms with Crippen LogP contribution in [0.15, 0.2) is 30.9 Å². The summed E-state index contributed by atoms with van der Waals surface area (Å²) in [5.41, 5.74) is 1.46. The minimum Gasteiger partial charge on any atom is -0.445 e. The Morgan fingerprint density at radius 2 is 2.40 bits per heavy atom. The molecule has 0 aliphatic heterocycles. The lowest BCUT2D eigenvalue weighted by Crippen LogP contribution is -2.14. The van der Waals surface area contributed by atoms with Gasteiger partial charge in [0, 0.05) is 0 Å². The van der Waals surface area contributed by atoms with Crippen molar-refractivity contribution in [3.63, 3.8) is 0 Å². The zero-order chi connectivity index (χ0) is 11.3. The van der Waals surface area contributed by atoms with Crippen LogP contribution in [-0.2, 0) is 4.74 Å². The predicted octanol–water partition coefficient (Wildman–Crippen LogP) is 3.38. The molecule has 0 bridgehead atoms. The standard InChI is InChI=1S/C11H12ClNO2/c1-3-7-15-11(14)13-10-8(2)5-4-6-9(10)12/h3-6H,1,7H2,2H3,(H,13,14). The number of ether oxygens (including phenoxy) is 1. The Bertz CT molecular complexity index is 357. The third-order valence-corrected chi connectivity index (χ3v) is 2.10. The maximum Gasteiger partial charge on any atom is 0.411 e. The summed E-state index contributed by atoms with van der Waals surface area (Å²) < 4.78 is 4.78. The van der Waals surface area contributed by atoms with E-state index in [2.05, 4.69) is 11.9 Å². The number of hydrogen-bond acceptors (Lipinski definition) is 2. The molecule has 4 heteroatoms. The van der Waals surface area contributed by atoms with Crippen LogP contribution < -0.4 is 5.32 Å². The molecule has 0 spiro atoms. The molecule has 1 rings (SSSR count). The second-order valence-corrected chi connectivity index (χ2v) is 3.35. The predicted molar refractivity (Wildman–Crippen MR) is 61.4 cm³/mol. The number of benzene rings is 1. The molecular weight excluding hydrogens is 214 g/mol. The number of nitrogens with one attached hydrogen (secondary N) is 1. The van der Waals surface area contributed by atoms with E-state index in [4.69, 9.17) is 16.3 Å². The summed E-state index contributed by atoms with van der Waals surface area (Å²) >= 11 is 5.92. The molecule has 0 aliphatic carbocycles. The first-order chi connectivity index (χ1) is 7.15. The average Bonchev–Trinajstić information content (AvgIpc) is 2.21. The van der Waals surface area contributed by atoms with E-state index in [0.717, 1.165) is 5.56 Å². The van der Waals surface area contributed by atoms with Crippen molar-refractivity contribution in [2.45, 2.75) is 6.92 Å². The number of carbonyl (C=O) groups excluding carboxylic acids is 1. The monoisotopic (exact) mass is 225 g/mol. The highest BCUT2D eigenvalue weighted by atomic mass is 35.5. The topological polar surface area (TPSA) is 38.3 Å². The van der Waals surface area contributed by atoms with E-state index >= 15 is 0 Å². The second kappa shape index (κ2) is 5.41. The summed E-state index contributed by atoms with van der Waals surface area (Å²) in [6.45, 7) is 5.48. The van der Waals surface area contributed by atoms with Gasteiger partial charge in [0.15, 0.2) is 0 Å². The van der Waals surface area contributed by atoms with Crippen molar-refractivity contribution >= 4 is 23.4 Å². The minimum absolute atomic E-state index is 0.176. The highest BCUT2D eigenvalue weighted by Gasteiger charge is 2.07. The molecule has 3 nitrogen and oxygen atoms in total. The van der Waals surface area contributed by atoms with Crippen LogP contribution in [0.3, 0.4) is 0 Å². The van der Waals surface area contributed by atoms with Crippen LogP contribution in [-0.4, -0.2) is 12.7 Å². The van der Waals surface area contributed by atoms with Crippen molar-refractivity contribution < 1.29 is 9.53 Å². The fraction of sp³-hybridized carbons (Fsp3) is 0.182. The molecule has 0 fully saturated rings. The largest absolute Gasteiger partial charge is 0.445 e. The maximum absolute atomic E-state index is 11.2. The zero-order valence-corrected chi connectivity index (χ0v) is 9.17. The van der Waals surface area contributed by atoms with Crippen LogP contribution >= 0.6 is 11.6 Å². The molecule has 0 atom stereocenters. The van der Waals surface area contributed by atoms with Gasteiger partial charge in [0.1, 0.15) is 6.61 Å². The van der Waals surface area contributed by atoms with E-state index < -0.39 is 6.09 Å². The zero-order valence-electron chi connectivity index (χ0n) is 8.42. The molecule has 0 saturated carbocycles. The van der Waals surface area contributed by atoms with E-state index in [-0.39, 0.29) is 6.61 Å². The second-order valence-electron chi connectivity index (χ2n) is 2.94. The van der Waals surface area contributed by atoms with Crippen molar-refractivity contribution in [3.8, 4) is 0 Å². The summed E-state index contributed by atoms with van der Waals surface area (Å²) in [6.07, 6.45) is 0.963. The lowest BCUT2D eigenvalue weighted by atomic mass is 10.2. The number of aryl methyl sites for hydroxylation is 1. The lowest BCUT2D eigenvalue weighted by molar-refractivity contribution is 0.174. The van der Waals surface area contributed by atoms with Gasteiger partial charge in [-0.2, -0.15) is 0 Å². The number of amides is 1. The van der Waals surface area contributed by atoms with Crippen molar-refractivity contribution in [3.05, 3.63) is 41.4 Å². The van der Waals surface area contributed by atoms with Gasteiger partial charge in [-0.05, 0) is 18.6 Å². The van der Waals surface area contributed by atoms with Crippen molar-refractivity contribution in [2.75, 3.05) is 11.9 Å². The van der Waals surface area contributed by atoms with Gasteiger partial charge in [-0.3, -0.25) is 5.32 Å². The van der Waals surface area contributed by atoms with E-state index in [1.54, 1.807) is 6.07 Å². The Labute approximate surface area is 93.7 Å². The molecule has 0 heterocycles. The summed E-state index contributed by atoms with van der Waals surface area (Å²) in [7, 11) is 0. The van der Waals surface area contributed by atoms with Crippen molar-refractivity contribution in [1.82, 2.24) is 0 Å². The van der Waals surface area contributed by atoms with Gasteiger partial charge in [0.05, 0.1) is 10.7 Å². The summed E-state index contributed by atoms with van der Waals surface area (Å²) in [4.78, 5) is 11.2. The van der Waals surface area contributed by atoms with Crippen molar-refractivity contribution in [2.24, 2.45) is 0 Å². The summed E-state index contributed by atoms with van der Waals surface area (Å²) in [6, 6.07) is 5.38. The molecule has 1 amide bonds. The molecule has 0 unspecified atom stereocenters. The first kappa shape index (κ1) is 11.6. The van der Waals surface area contributed by atoms with E-state index in [9.17, 15) is 4.79 Å². The molecule has 0 aliphatic rings. The van der Waals surface area contributed by atoms with Gasteiger partial charge in [0.25, 0.3) is 0 Å². The van der Waals surface area contributed by atoms with Gasteiger partial charge >= 0.3 is 6.09 Å². The molecule has 0 radical (unpaired) electrons. The van der Waals surface area contributed by atoms with E-state index in [1.807, 2.05) is 19.1 Å². The molecule has 15 heavy (non-hydrogen) atoms. The smallest absolute Gasteiger partial charge is 0.411 e. The average molecular weight is 226 g/mol. The number of rotatable bonds is 3. The van der Waals surface area contributed by atoms with Gasteiger partial charge in [-0.25, -0.2) is 4.79 Å². The third-order valence-electron chi connectivity index (χ3n) is 1.78. The molecule has 0 aromatic heterocycles. The quantitative estimate of drug-likeness (QED) is 0.801. The summed E-state index contributed by atoms with van der Waals surface area (Å²) in [5, 5.41) is 3.06. The van der Waals surface area contributed by atoms with Crippen LogP contribution in [0.2, 0.25) is 5.02 Å². The van der Waals surface area contributed by atoms with Crippen LogP contribution in [0, 0.1) is 6.92 Å². The fourth-order valence-electron chi connectivity index (χ4n) is 1.06. The molecule has 1 aromatic carbocycles. The van der Waals surface area contributed by atoms with Gasteiger partial charge in [-0.1, -0.05) is 36.4 Å². The Balaban J connectivity index is 2.71. The number of hydrogen-bond donors (Lipinski definition) is 1. The Kier molecular flexibility index (Phi) is 4.18. The lowest BCUT2D eigenvalue weighted by Gasteiger charge is -2.09. The number of halogens is 1. The normalized spacial score (nSPS) is 9.47. The van der Waals surface area contributed by atoms with Crippen LogP contribution in [0.5, 0.6) is 0 Å². The highest BCUT2D eigenvalue weighted by molar-refractivity contribution is 6.33. The maximum atomic E-state index is 11.2. The van der Waals surface area contributed by atoms with Crippen LogP contribution in [0.4, 0.5) is 10.5 Å². The third kappa shape index (κ3) is 3.29. The van der Waals surface area contributed by atoms with Crippen LogP contribution in [0.1, 0.15) is 5.56 Å². The van der Waals surface area contributed by atoms with Gasteiger partial charge in [-0.15, -0.1) is 0 Å². The Morgan fingerprint density at radius 1 is 1.67 bits per heavy atom. The van der Waals surface area contributed by atoms with Crippen molar-refractivity contribution in [1.29, 1.82) is 0 Å². The molecule has 1 aromatic rings. The fourth-order valence-corrected chi connectivity index (χ4v) is 1.33. The first-order valence-corrected chi connectivity index (χ1v) is 4.82. The Morgan fingerprint density at radius 3 is 3.00 bits per heavy atom. The highest BCUT2D eigenvalue weighted by Crippen LogP contribution is 2.25. The molecular formula is C11H12ClNO2. The van der Waals surface area contributed by atoms with Crippen LogP contribution in [0.25, 0.3) is 0 Å². The van der Waals surface area contributed by atoms with Gasteiger partial charge < -0.3 is 4.74 Å². The van der Waals surface area contributed by atoms with E-state index in [0.29, 0.717) is 10.7 Å². The minimum atomic E-state index is -0.536.